The van der Waals surface area contributed by atoms with E-state index in [9.17, 15) is 4.79 Å². The van der Waals surface area contributed by atoms with Crippen LogP contribution in [0.3, 0.4) is 0 Å². The quantitative estimate of drug-likeness (QED) is 0.613. The second-order valence-corrected chi connectivity index (χ2v) is 7.47. The fraction of sp³-hybridized carbons (Fsp3) is 0.350. The lowest BCUT2D eigenvalue weighted by atomic mass is 10.1. The number of methoxy groups -OCH3 is 2. The summed E-state index contributed by atoms with van der Waals surface area (Å²) < 4.78 is 15.9. The molecular formula is C20H22N4O4S. The molecule has 0 unspecified atom stereocenters. The highest BCUT2D eigenvalue weighted by atomic mass is 32.1. The predicted molar refractivity (Wildman–Crippen MR) is 108 cm³/mol. The van der Waals surface area contributed by atoms with Crippen LogP contribution in [0, 0.1) is 0 Å². The summed E-state index contributed by atoms with van der Waals surface area (Å²) >= 11 is 1.60. The highest BCUT2D eigenvalue weighted by Crippen LogP contribution is 2.24. The molecule has 152 valence electrons. The zero-order chi connectivity index (χ0) is 20.2. The first kappa shape index (κ1) is 19.4. The van der Waals surface area contributed by atoms with Gasteiger partial charge >= 0.3 is 0 Å². The van der Waals surface area contributed by atoms with Crippen LogP contribution in [0.5, 0.6) is 11.5 Å². The minimum absolute atomic E-state index is 0.0283. The molecule has 0 bridgehead atoms. The summed E-state index contributed by atoms with van der Waals surface area (Å²) in [6.45, 7) is 3.31. The maximum atomic E-state index is 12.9. The van der Waals surface area contributed by atoms with Gasteiger partial charge in [0.05, 0.1) is 20.8 Å². The molecule has 3 heterocycles. The molecule has 0 N–H and O–H groups in total. The summed E-state index contributed by atoms with van der Waals surface area (Å²) in [5.41, 5.74) is 1.53. The molecule has 0 aliphatic carbocycles. The normalized spacial score (nSPS) is 14.8. The third-order valence-corrected chi connectivity index (χ3v) is 5.55. The average molecular weight is 414 g/mol. The summed E-state index contributed by atoms with van der Waals surface area (Å²) in [6, 6.07) is 7.20. The highest BCUT2D eigenvalue weighted by Gasteiger charge is 2.24. The SMILES string of the molecule is COc1cc(OC)cc(C(=O)N2CCN(Cc3nc(-c4ccsc4)no3)CC2)c1. The van der Waals surface area contributed by atoms with Crippen molar-refractivity contribution in [3.63, 3.8) is 0 Å². The van der Waals surface area contributed by atoms with E-state index in [1.165, 1.54) is 0 Å². The summed E-state index contributed by atoms with van der Waals surface area (Å²) in [5, 5.41) is 8.02. The molecule has 1 fully saturated rings. The monoisotopic (exact) mass is 414 g/mol. The Morgan fingerprint density at radius 1 is 1.14 bits per heavy atom. The Bertz CT molecular complexity index is 943. The van der Waals surface area contributed by atoms with Crippen molar-refractivity contribution in [1.82, 2.24) is 19.9 Å². The Labute approximate surface area is 172 Å². The van der Waals surface area contributed by atoms with Crippen LogP contribution in [0.4, 0.5) is 0 Å². The van der Waals surface area contributed by atoms with Gasteiger partial charge in [-0.05, 0) is 23.6 Å². The van der Waals surface area contributed by atoms with Gasteiger partial charge in [0.25, 0.3) is 5.91 Å². The zero-order valence-electron chi connectivity index (χ0n) is 16.3. The molecule has 1 aliphatic heterocycles. The Morgan fingerprint density at radius 2 is 1.86 bits per heavy atom. The standard InChI is InChI=1S/C20H22N4O4S/c1-26-16-9-15(10-17(11-16)27-2)20(25)24-6-4-23(5-7-24)12-18-21-19(22-28-18)14-3-8-29-13-14/h3,8-11,13H,4-7,12H2,1-2H3. The molecule has 4 rings (SSSR count). The van der Waals surface area contributed by atoms with Crippen molar-refractivity contribution in [3.8, 4) is 22.9 Å². The first-order valence-corrected chi connectivity index (χ1v) is 10.2. The van der Waals surface area contributed by atoms with Gasteiger partial charge in [0.2, 0.25) is 11.7 Å². The van der Waals surface area contributed by atoms with Crippen LogP contribution in [0.1, 0.15) is 16.2 Å². The third kappa shape index (κ3) is 4.41. The van der Waals surface area contributed by atoms with Crippen LogP contribution in [0.25, 0.3) is 11.4 Å². The van der Waals surface area contributed by atoms with Crippen molar-refractivity contribution in [3.05, 3.63) is 46.5 Å². The number of benzene rings is 1. The van der Waals surface area contributed by atoms with E-state index < -0.39 is 0 Å². The smallest absolute Gasteiger partial charge is 0.254 e. The van der Waals surface area contributed by atoms with E-state index in [1.54, 1.807) is 43.8 Å². The Balaban J connectivity index is 1.35. The minimum atomic E-state index is -0.0283. The number of amides is 1. The molecule has 1 aliphatic rings. The van der Waals surface area contributed by atoms with Gasteiger partial charge in [-0.25, -0.2) is 0 Å². The topological polar surface area (TPSA) is 80.9 Å². The lowest BCUT2D eigenvalue weighted by Crippen LogP contribution is -2.48. The van der Waals surface area contributed by atoms with Gasteiger partial charge in [0, 0.05) is 48.8 Å². The molecular weight excluding hydrogens is 392 g/mol. The second kappa shape index (κ2) is 8.62. The van der Waals surface area contributed by atoms with E-state index in [1.807, 2.05) is 21.7 Å². The van der Waals surface area contributed by atoms with Crippen LogP contribution >= 0.6 is 11.3 Å². The van der Waals surface area contributed by atoms with E-state index in [0.29, 0.717) is 48.4 Å². The Kier molecular flexibility index (Phi) is 5.77. The van der Waals surface area contributed by atoms with Gasteiger partial charge in [-0.15, -0.1) is 0 Å². The number of hydrogen-bond donors (Lipinski definition) is 0. The van der Waals surface area contributed by atoms with Crippen molar-refractivity contribution in [2.75, 3.05) is 40.4 Å². The number of ether oxygens (including phenoxy) is 2. The number of rotatable bonds is 6. The average Bonchev–Trinajstić information content (AvgIpc) is 3.45. The Hall–Kier alpha value is -2.91. The molecule has 0 atom stereocenters. The first-order chi connectivity index (χ1) is 14.2. The predicted octanol–water partition coefficient (Wildman–Crippen LogP) is 2.77. The van der Waals surface area contributed by atoms with Crippen molar-refractivity contribution in [1.29, 1.82) is 0 Å². The van der Waals surface area contributed by atoms with E-state index in [-0.39, 0.29) is 5.91 Å². The molecule has 2 aromatic heterocycles. The fourth-order valence-electron chi connectivity index (χ4n) is 3.24. The molecule has 8 nitrogen and oxygen atoms in total. The molecule has 3 aromatic rings. The Morgan fingerprint density at radius 3 is 2.48 bits per heavy atom. The van der Waals surface area contributed by atoms with Crippen molar-refractivity contribution in [2.45, 2.75) is 6.54 Å². The van der Waals surface area contributed by atoms with Gasteiger partial charge in [-0.1, -0.05) is 5.16 Å². The largest absolute Gasteiger partial charge is 0.497 e. The van der Waals surface area contributed by atoms with Crippen molar-refractivity contribution < 1.29 is 18.8 Å². The van der Waals surface area contributed by atoms with Gasteiger partial charge in [0.1, 0.15) is 11.5 Å². The van der Waals surface area contributed by atoms with Crippen LogP contribution in [-0.2, 0) is 6.54 Å². The molecule has 1 aromatic carbocycles. The van der Waals surface area contributed by atoms with Crippen LogP contribution in [-0.4, -0.2) is 66.2 Å². The maximum absolute atomic E-state index is 12.9. The van der Waals surface area contributed by atoms with Gasteiger partial charge < -0.3 is 18.9 Å². The summed E-state index contributed by atoms with van der Waals surface area (Å²) in [6.07, 6.45) is 0. The molecule has 0 spiro atoms. The van der Waals surface area contributed by atoms with Crippen LogP contribution < -0.4 is 9.47 Å². The molecule has 9 heteroatoms. The van der Waals surface area contributed by atoms with Crippen molar-refractivity contribution >= 4 is 17.2 Å². The van der Waals surface area contributed by atoms with E-state index in [2.05, 4.69) is 15.0 Å². The van der Waals surface area contributed by atoms with Crippen LogP contribution in [0.2, 0.25) is 0 Å². The fourth-order valence-corrected chi connectivity index (χ4v) is 3.88. The van der Waals surface area contributed by atoms with E-state index in [4.69, 9.17) is 14.0 Å². The number of aromatic nitrogens is 2. The summed E-state index contributed by atoms with van der Waals surface area (Å²) in [5.74, 6) is 2.37. The molecule has 1 amide bonds. The lowest BCUT2D eigenvalue weighted by Gasteiger charge is -2.34. The zero-order valence-corrected chi connectivity index (χ0v) is 17.1. The van der Waals surface area contributed by atoms with Gasteiger partial charge in [-0.3, -0.25) is 9.69 Å². The summed E-state index contributed by atoms with van der Waals surface area (Å²) in [7, 11) is 3.15. The number of piperazine rings is 1. The van der Waals surface area contributed by atoms with Crippen LogP contribution in [0.15, 0.2) is 39.5 Å². The molecule has 29 heavy (non-hydrogen) atoms. The number of carbonyl (C=O) groups is 1. The number of thiophene rings is 1. The van der Waals surface area contributed by atoms with Crippen molar-refractivity contribution in [2.24, 2.45) is 0 Å². The summed E-state index contributed by atoms with van der Waals surface area (Å²) in [4.78, 5) is 21.4. The third-order valence-electron chi connectivity index (χ3n) is 4.86. The molecule has 0 radical (unpaired) electrons. The maximum Gasteiger partial charge on any atom is 0.254 e. The molecule has 0 saturated carbocycles. The minimum Gasteiger partial charge on any atom is -0.497 e. The van der Waals surface area contributed by atoms with E-state index >= 15 is 0 Å². The second-order valence-electron chi connectivity index (χ2n) is 6.69. The lowest BCUT2D eigenvalue weighted by molar-refractivity contribution is 0.0614. The number of hydrogen-bond acceptors (Lipinski definition) is 8. The first-order valence-electron chi connectivity index (χ1n) is 9.26. The molecule has 1 saturated heterocycles. The number of nitrogens with zero attached hydrogens (tertiary/aromatic N) is 4. The van der Waals surface area contributed by atoms with E-state index in [0.717, 1.165) is 18.7 Å². The van der Waals surface area contributed by atoms with Gasteiger partial charge in [-0.2, -0.15) is 16.3 Å². The highest BCUT2D eigenvalue weighted by molar-refractivity contribution is 7.08. The van der Waals surface area contributed by atoms with Gasteiger partial charge in [0.15, 0.2) is 0 Å². The number of carbonyl (C=O) groups excluding carboxylic acids is 1.